The molecule has 0 bridgehead atoms. The minimum Gasteiger partial charge on any atom is -0.480 e. The molecule has 0 aliphatic carbocycles. The molecule has 0 aliphatic rings. The van der Waals surface area contributed by atoms with Crippen molar-refractivity contribution in [3.8, 4) is 0 Å². The first kappa shape index (κ1) is 6.39. The molecular formula is C3H7NO3. The predicted molar refractivity (Wildman–Crippen MR) is 22.7 cm³/mol. The van der Waals surface area contributed by atoms with Crippen LogP contribution in [0.4, 0.5) is 0 Å². The van der Waals surface area contributed by atoms with Crippen molar-refractivity contribution in [2.45, 2.75) is 6.04 Å². The van der Waals surface area contributed by atoms with Gasteiger partial charge < -0.3 is 15.9 Å². The fourth-order valence-corrected chi connectivity index (χ4v) is 0.0781. The number of nitrogens with two attached hydrogens (primary N) is 1. The van der Waals surface area contributed by atoms with Crippen LogP contribution in [0.2, 0.25) is 0 Å². The molecule has 0 aliphatic heterocycles. The van der Waals surface area contributed by atoms with E-state index in [0.29, 0.717) is 0 Å². The van der Waals surface area contributed by atoms with Gasteiger partial charge in [-0.3, -0.25) is 4.79 Å². The second-order valence-electron chi connectivity index (χ2n) is 1.13. The van der Waals surface area contributed by atoms with Crippen LogP contribution < -0.4 is 5.73 Å². The molecule has 42 valence electrons. The standard InChI is InChI=1S/C3H7NO3/c4-2(1-5)3(6)7/h2,5H,1,4H2,(H,6,7)/t2-/m1/s1/i1+1,2+1,3+1. The largest absolute Gasteiger partial charge is 0.480 e. The van der Waals surface area contributed by atoms with E-state index < -0.39 is 18.6 Å². The van der Waals surface area contributed by atoms with Crippen molar-refractivity contribution >= 4 is 5.97 Å². The number of aliphatic hydroxyl groups is 1. The Morgan fingerprint density at radius 3 is 2.29 bits per heavy atom. The zero-order chi connectivity index (χ0) is 5.86. The third-order valence-electron chi connectivity index (χ3n) is 0.514. The smallest absolute Gasteiger partial charge is 0.322 e. The summed E-state index contributed by atoms with van der Waals surface area (Å²) in [6, 6.07) is -1.13. The van der Waals surface area contributed by atoms with Gasteiger partial charge in [-0.1, -0.05) is 0 Å². The summed E-state index contributed by atoms with van der Waals surface area (Å²) in [5.74, 6) is -1.18. The topological polar surface area (TPSA) is 83.5 Å². The van der Waals surface area contributed by atoms with Crippen LogP contribution in [-0.4, -0.2) is 28.8 Å². The fourth-order valence-electron chi connectivity index (χ4n) is 0.0781. The van der Waals surface area contributed by atoms with Gasteiger partial charge in [-0.15, -0.1) is 0 Å². The van der Waals surface area contributed by atoms with E-state index in [1.54, 1.807) is 0 Å². The Morgan fingerprint density at radius 1 is 1.86 bits per heavy atom. The quantitative estimate of drug-likeness (QED) is 0.371. The molecule has 0 rings (SSSR count). The first-order valence-corrected chi connectivity index (χ1v) is 1.77. The van der Waals surface area contributed by atoms with Crippen molar-refractivity contribution in [3.05, 3.63) is 0 Å². The summed E-state index contributed by atoms with van der Waals surface area (Å²) in [4.78, 5) is 9.65. The van der Waals surface area contributed by atoms with Gasteiger partial charge >= 0.3 is 5.97 Å². The molecule has 0 aromatic carbocycles. The summed E-state index contributed by atoms with van der Waals surface area (Å²) in [5.41, 5.74) is 4.77. The number of aliphatic carboxylic acids is 1. The molecule has 0 radical (unpaired) electrons. The van der Waals surface area contributed by atoms with Gasteiger partial charge in [0.15, 0.2) is 0 Å². The molecule has 0 saturated carbocycles. The molecule has 0 aromatic rings. The number of hydrogen-bond acceptors (Lipinski definition) is 3. The van der Waals surface area contributed by atoms with Gasteiger partial charge in [0, 0.05) is 0 Å². The zero-order valence-corrected chi connectivity index (χ0v) is 3.66. The first-order chi connectivity index (χ1) is 3.18. The van der Waals surface area contributed by atoms with Gasteiger partial charge in [-0.05, 0) is 0 Å². The van der Waals surface area contributed by atoms with E-state index in [2.05, 4.69) is 0 Å². The molecule has 4 nitrogen and oxygen atoms in total. The van der Waals surface area contributed by atoms with E-state index >= 15 is 0 Å². The SMILES string of the molecule is N[13C@H]([13CH2]O)[13C](=O)O. The van der Waals surface area contributed by atoms with Crippen LogP contribution in [0, 0.1) is 0 Å². The van der Waals surface area contributed by atoms with Crippen LogP contribution in [0.15, 0.2) is 0 Å². The summed E-state index contributed by atoms with van der Waals surface area (Å²) >= 11 is 0. The molecule has 4 heteroatoms. The molecule has 0 unspecified atom stereocenters. The number of aliphatic hydroxyl groups excluding tert-OH is 1. The Balaban J connectivity index is 3.34. The van der Waals surface area contributed by atoms with E-state index in [-0.39, 0.29) is 0 Å². The average Bonchev–Trinajstić information content (AvgIpc) is 1.65. The molecule has 0 saturated heterocycles. The van der Waals surface area contributed by atoms with Crippen molar-refractivity contribution in [1.29, 1.82) is 0 Å². The second-order valence-corrected chi connectivity index (χ2v) is 1.13. The maximum Gasteiger partial charge on any atom is 0.322 e. The van der Waals surface area contributed by atoms with Gasteiger partial charge in [0.2, 0.25) is 0 Å². The summed E-state index contributed by atoms with van der Waals surface area (Å²) in [6.45, 7) is -0.505. The molecule has 0 amide bonds. The minimum atomic E-state index is -1.18. The Hall–Kier alpha value is -0.610. The Morgan fingerprint density at radius 2 is 2.29 bits per heavy atom. The molecule has 7 heavy (non-hydrogen) atoms. The van der Waals surface area contributed by atoms with Crippen molar-refractivity contribution in [3.63, 3.8) is 0 Å². The maximum absolute atomic E-state index is 9.65. The Bertz CT molecular complexity index is 72.6. The van der Waals surface area contributed by atoms with E-state index in [1.807, 2.05) is 0 Å². The Kier molecular flexibility index (Phi) is 2.32. The number of carboxylic acid groups (broad SMARTS) is 1. The molecular weight excluding hydrogens is 101 g/mol. The molecule has 0 fully saturated rings. The van der Waals surface area contributed by atoms with Crippen molar-refractivity contribution in [1.82, 2.24) is 0 Å². The fraction of sp³-hybridized carbons (Fsp3) is 0.667. The normalized spacial score (nSPS) is 13.4. The number of carboxylic acids is 1. The van der Waals surface area contributed by atoms with E-state index in [1.165, 1.54) is 0 Å². The highest BCUT2D eigenvalue weighted by Gasteiger charge is 2.06. The minimum absolute atomic E-state index is 0.505. The van der Waals surface area contributed by atoms with Gasteiger partial charge in [0.1, 0.15) is 6.04 Å². The summed E-state index contributed by atoms with van der Waals surface area (Å²) in [5, 5.41) is 15.9. The predicted octanol–water partition coefficient (Wildman–Crippen LogP) is -1.61. The molecule has 0 aromatic heterocycles. The Labute approximate surface area is 40.6 Å². The van der Waals surface area contributed by atoms with Crippen LogP contribution >= 0.6 is 0 Å². The number of rotatable bonds is 2. The van der Waals surface area contributed by atoms with Crippen LogP contribution in [-0.2, 0) is 4.79 Å². The average molecular weight is 108 g/mol. The van der Waals surface area contributed by atoms with Crippen molar-refractivity contribution in [2.24, 2.45) is 5.73 Å². The van der Waals surface area contributed by atoms with E-state index in [9.17, 15) is 4.79 Å². The van der Waals surface area contributed by atoms with Crippen molar-refractivity contribution in [2.75, 3.05) is 6.61 Å². The van der Waals surface area contributed by atoms with Crippen LogP contribution in [0.3, 0.4) is 0 Å². The maximum atomic E-state index is 9.65. The van der Waals surface area contributed by atoms with Gasteiger partial charge in [0.25, 0.3) is 0 Å². The van der Waals surface area contributed by atoms with Gasteiger partial charge in [-0.2, -0.15) is 0 Å². The highest BCUT2D eigenvalue weighted by Crippen LogP contribution is 1.71. The highest BCUT2D eigenvalue weighted by molar-refractivity contribution is 5.73. The lowest BCUT2D eigenvalue weighted by Gasteiger charge is -1.96. The number of carbonyl (C=O) groups is 1. The van der Waals surface area contributed by atoms with Crippen molar-refractivity contribution < 1.29 is 15.0 Å². The third kappa shape index (κ3) is 2.13. The van der Waals surface area contributed by atoms with E-state index in [0.717, 1.165) is 0 Å². The lowest BCUT2D eigenvalue weighted by Crippen LogP contribution is -2.33. The van der Waals surface area contributed by atoms with Gasteiger partial charge in [-0.25, -0.2) is 0 Å². The van der Waals surface area contributed by atoms with Crippen LogP contribution in [0.25, 0.3) is 0 Å². The first-order valence-electron chi connectivity index (χ1n) is 1.77. The summed E-state index contributed by atoms with van der Waals surface area (Å²) in [6.07, 6.45) is 0. The summed E-state index contributed by atoms with van der Waals surface area (Å²) in [7, 11) is 0. The lowest BCUT2D eigenvalue weighted by molar-refractivity contribution is -0.139. The third-order valence-corrected chi connectivity index (χ3v) is 0.514. The molecule has 1 atom stereocenters. The van der Waals surface area contributed by atoms with Gasteiger partial charge in [0.05, 0.1) is 6.61 Å². The lowest BCUT2D eigenvalue weighted by atomic mass is 11.3. The number of hydrogen-bond donors (Lipinski definition) is 3. The second kappa shape index (κ2) is 2.54. The molecule has 0 heterocycles. The monoisotopic (exact) mass is 108 g/mol. The van der Waals surface area contributed by atoms with E-state index in [4.69, 9.17) is 15.9 Å². The summed E-state index contributed by atoms with van der Waals surface area (Å²) < 4.78 is 0. The van der Waals surface area contributed by atoms with Crippen LogP contribution in [0.5, 0.6) is 0 Å². The van der Waals surface area contributed by atoms with Crippen LogP contribution in [0.1, 0.15) is 0 Å². The molecule has 4 N–H and O–H groups in total. The molecule has 0 spiro atoms. The highest BCUT2D eigenvalue weighted by atomic mass is 16.5. The zero-order valence-electron chi connectivity index (χ0n) is 3.66.